The summed E-state index contributed by atoms with van der Waals surface area (Å²) in [5.74, 6) is -2.54. The van der Waals surface area contributed by atoms with Gasteiger partial charge in [-0.25, -0.2) is 0 Å². The van der Waals surface area contributed by atoms with Crippen molar-refractivity contribution in [3.63, 3.8) is 0 Å². The molecule has 0 saturated heterocycles. The average Bonchev–Trinajstić information content (AvgIpc) is 2.12. The van der Waals surface area contributed by atoms with Gasteiger partial charge in [0.1, 0.15) is 0 Å². The highest BCUT2D eigenvalue weighted by Gasteiger charge is 2.31. The first-order valence-electron chi connectivity index (χ1n) is 4.63. The van der Waals surface area contributed by atoms with E-state index in [0.717, 1.165) is 0 Å². The molecule has 0 aliphatic heterocycles. The fourth-order valence-electron chi connectivity index (χ4n) is 1.55. The quantitative estimate of drug-likeness (QED) is 0.615. The molecule has 14 heavy (non-hydrogen) atoms. The van der Waals surface area contributed by atoms with Gasteiger partial charge < -0.3 is 0 Å². The lowest BCUT2D eigenvalue weighted by Crippen LogP contribution is -2.31. The van der Waals surface area contributed by atoms with E-state index < -0.39 is 29.1 Å². The molecule has 4 nitrogen and oxygen atoms in total. The minimum Gasteiger partial charge on any atom is -0.291 e. The van der Waals surface area contributed by atoms with Crippen LogP contribution in [0.1, 0.15) is 32.6 Å². The molecule has 76 valence electrons. The molecule has 0 spiro atoms. The van der Waals surface area contributed by atoms with Gasteiger partial charge in [-0.2, -0.15) is 0 Å². The van der Waals surface area contributed by atoms with Gasteiger partial charge in [0.05, 0.1) is 0 Å². The highest BCUT2D eigenvalue weighted by atomic mass is 16.2. The summed E-state index contributed by atoms with van der Waals surface area (Å²) >= 11 is 0. The molecule has 1 atom stereocenters. The van der Waals surface area contributed by atoms with Gasteiger partial charge in [-0.1, -0.05) is 0 Å². The molecule has 4 heteroatoms. The minimum absolute atomic E-state index is 0.0973. The summed E-state index contributed by atoms with van der Waals surface area (Å²) in [6.07, 6.45) is 1.37. The van der Waals surface area contributed by atoms with Crippen molar-refractivity contribution in [2.24, 2.45) is 5.92 Å². The monoisotopic (exact) mass is 196 g/mol. The van der Waals surface area contributed by atoms with Gasteiger partial charge in [0, 0.05) is 25.7 Å². The third-order valence-corrected chi connectivity index (χ3v) is 2.43. The normalized spacial score (nSPS) is 22.2. The molecule has 0 heterocycles. The number of rotatable bonds is 3. The van der Waals surface area contributed by atoms with Crippen molar-refractivity contribution in [2.75, 3.05) is 0 Å². The fourth-order valence-corrected chi connectivity index (χ4v) is 1.55. The van der Waals surface area contributed by atoms with Crippen LogP contribution < -0.4 is 0 Å². The summed E-state index contributed by atoms with van der Waals surface area (Å²) in [6.45, 7) is 1.18. The van der Waals surface area contributed by atoms with Crippen LogP contribution in [0.2, 0.25) is 0 Å². The predicted molar refractivity (Wildman–Crippen MR) is 47.7 cm³/mol. The standard InChI is InChI=1S/C10H12O4/c1-6(11)9(13)5-7-3-2-4-8(12)10(7)14/h7H,2-5H2,1H3. The van der Waals surface area contributed by atoms with E-state index in [2.05, 4.69) is 0 Å². The zero-order chi connectivity index (χ0) is 10.7. The first-order valence-corrected chi connectivity index (χ1v) is 4.63. The average molecular weight is 196 g/mol. The Balaban J connectivity index is 2.60. The van der Waals surface area contributed by atoms with E-state index in [0.29, 0.717) is 12.8 Å². The lowest BCUT2D eigenvalue weighted by atomic mass is 9.83. The Labute approximate surface area is 81.7 Å². The third kappa shape index (κ3) is 2.34. The highest BCUT2D eigenvalue weighted by molar-refractivity contribution is 6.41. The van der Waals surface area contributed by atoms with Crippen molar-refractivity contribution in [3.8, 4) is 0 Å². The third-order valence-electron chi connectivity index (χ3n) is 2.43. The number of carbonyl (C=O) groups is 4. The minimum atomic E-state index is -0.557. The van der Waals surface area contributed by atoms with Crippen LogP contribution >= 0.6 is 0 Å². The lowest BCUT2D eigenvalue weighted by Gasteiger charge is -2.17. The number of ketones is 4. The van der Waals surface area contributed by atoms with E-state index in [1.165, 1.54) is 6.92 Å². The van der Waals surface area contributed by atoms with Crippen LogP contribution in [0.25, 0.3) is 0 Å². The summed E-state index contributed by atoms with van der Waals surface area (Å²) in [6, 6.07) is 0. The Hall–Kier alpha value is -1.32. The Kier molecular flexibility index (Phi) is 3.28. The van der Waals surface area contributed by atoms with Gasteiger partial charge in [-0.05, 0) is 12.8 Å². The maximum Gasteiger partial charge on any atom is 0.201 e. The molecule has 0 aromatic carbocycles. The molecule has 1 rings (SSSR count). The van der Waals surface area contributed by atoms with Gasteiger partial charge in [0.25, 0.3) is 0 Å². The smallest absolute Gasteiger partial charge is 0.201 e. The molecular formula is C10H12O4. The van der Waals surface area contributed by atoms with Crippen molar-refractivity contribution in [1.82, 2.24) is 0 Å². The van der Waals surface area contributed by atoms with E-state index in [1.54, 1.807) is 0 Å². The van der Waals surface area contributed by atoms with Crippen LogP contribution in [0.15, 0.2) is 0 Å². The molecule has 0 bridgehead atoms. The van der Waals surface area contributed by atoms with Crippen LogP contribution in [-0.2, 0) is 19.2 Å². The van der Waals surface area contributed by atoms with Crippen molar-refractivity contribution >= 4 is 23.1 Å². The van der Waals surface area contributed by atoms with E-state index in [9.17, 15) is 19.2 Å². The molecule has 1 aliphatic carbocycles. The Morgan fingerprint density at radius 2 is 2.00 bits per heavy atom. The second-order valence-electron chi connectivity index (χ2n) is 3.56. The number of carbonyl (C=O) groups excluding carboxylic acids is 4. The van der Waals surface area contributed by atoms with Gasteiger partial charge in [-0.3, -0.25) is 19.2 Å². The highest BCUT2D eigenvalue weighted by Crippen LogP contribution is 2.21. The molecule has 0 radical (unpaired) electrons. The molecule has 1 saturated carbocycles. The van der Waals surface area contributed by atoms with Crippen molar-refractivity contribution in [1.29, 1.82) is 0 Å². The zero-order valence-electron chi connectivity index (χ0n) is 8.04. The number of hydrogen-bond acceptors (Lipinski definition) is 4. The predicted octanol–water partition coefficient (Wildman–Crippen LogP) is 0.473. The molecule has 0 amide bonds. The van der Waals surface area contributed by atoms with Crippen LogP contribution in [-0.4, -0.2) is 23.1 Å². The molecule has 0 aromatic heterocycles. The lowest BCUT2D eigenvalue weighted by molar-refractivity contribution is -0.143. The summed E-state index contributed by atoms with van der Waals surface area (Å²) < 4.78 is 0. The van der Waals surface area contributed by atoms with E-state index in [4.69, 9.17) is 0 Å². The molecule has 1 fully saturated rings. The summed E-state index contributed by atoms with van der Waals surface area (Å²) in [7, 11) is 0. The largest absolute Gasteiger partial charge is 0.291 e. The molecule has 0 aromatic rings. The Morgan fingerprint density at radius 1 is 1.36 bits per heavy atom. The summed E-state index contributed by atoms with van der Waals surface area (Å²) in [4.78, 5) is 44.0. The number of hydrogen-bond donors (Lipinski definition) is 0. The van der Waals surface area contributed by atoms with Crippen LogP contribution in [0.3, 0.4) is 0 Å². The summed E-state index contributed by atoms with van der Waals surface area (Å²) in [5.41, 5.74) is 0. The number of Topliss-reactive ketones (excluding diaryl/α,β-unsaturated/α-hetero) is 4. The van der Waals surface area contributed by atoms with Gasteiger partial charge in [0.2, 0.25) is 5.78 Å². The zero-order valence-corrected chi connectivity index (χ0v) is 8.04. The van der Waals surface area contributed by atoms with E-state index in [1.807, 2.05) is 0 Å². The van der Waals surface area contributed by atoms with Crippen molar-refractivity contribution in [3.05, 3.63) is 0 Å². The van der Waals surface area contributed by atoms with E-state index in [-0.39, 0.29) is 12.8 Å². The van der Waals surface area contributed by atoms with Gasteiger partial charge >= 0.3 is 0 Å². The van der Waals surface area contributed by atoms with Crippen molar-refractivity contribution < 1.29 is 19.2 Å². The maximum absolute atomic E-state index is 11.3. The second kappa shape index (κ2) is 4.26. The maximum atomic E-state index is 11.3. The molecular weight excluding hydrogens is 184 g/mol. The van der Waals surface area contributed by atoms with Crippen molar-refractivity contribution in [2.45, 2.75) is 32.6 Å². The SMILES string of the molecule is CC(=O)C(=O)CC1CCCC(=O)C1=O. The van der Waals surface area contributed by atoms with Crippen LogP contribution in [0, 0.1) is 5.92 Å². The topological polar surface area (TPSA) is 68.3 Å². The Bertz CT molecular complexity index is 303. The Morgan fingerprint density at radius 3 is 2.57 bits per heavy atom. The molecule has 1 aliphatic rings. The van der Waals surface area contributed by atoms with Gasteiger partial charge in [0.15, 0.2) is 17.3 Å². The molecule has 1 unspecified atom stereocenters. The second-order valence-corrected chi connectivity index (χ2v) is 3.56. The first kappa shape index (κ1) is 10.8. The molecule has 0 N–H and O–H groups in total. The fraction of sp³-hybridized carbons (Fsp3) is 0.600. The van der Waals surface area contributed by atoms with E-state index >= 15 is 0 Å². The van der Waals surface area contributed by atoms with Crippen LogP contribution in [0.4, 0.5) is 0 Å². The van der Waals surface area contributed by atoms with Gasteiger partial charge in [-0.15, -0.1) is 0 Å². The first-order chi connectivity index (χ1) is 6.52. The summed E-state index contributed by atoms with van der Waals surface area (Å²) in [5, 5.41) is 0. The van der Waals surface area contributed by atoms with Crippen LogP contribution in [0.5, 0.6) is 0 Å².